The van der Waals surface area contributed by atoms with Crippen molar-refractivity contribution in [1.29, 1.82) is 0 Å². The summed E-state index contributed by atoms with van der Waals surface area (Å²) in [6.45, 7) is 1.75. The minimum Gasteiger partial charge on any atom is -0.508 e. The van der Waals surface area contributed by atoms with Crippen molar-refractivity contribution in [3.8, 4) is 5.75 Å². The molecule has 1 saturated heterocycles. The quantitative estimate of drug-likeness (QED) is 0.741. The van der Waals surface area contributed by atoms with Crippen LogP contribution in [0, 0.1) is 0 Å². The first kappa shape index (κ1) is 14.5. The Labute approximate surface area is 137 Å². The van der Waals surface area contributed by atoms with Crippen LogP contribution < -0.4 is 5.63 Å². The van der Waals surface area contributed by atoms with E-state index in [4.69, 9.17) is 4.42 Å². The van der Waals surface area contributed by atoms with Crippen LogP contribution in [0.4, 0.5) is 0 Å². The van der Waals surface area contributed by atoms with Gasteiger partial charge in [0, 0.05) is 35.0 Å². The molecule has 0 bridgehead atoms. The molecule has 1 aliphatic heterocycles. The summed E-state index contributed by atoms with van der Waals surface area (Å²) in [5, 5.41) is 12.6. The molecule has 1 aliphatic rings. The lowest BCUT2D eigenvalue weighted by atomic mass is 10.1. The number of hydrogen-bond donors (Lipinski definition) is 1. The Hall–Kier alpha value is -2.11. The highest BCUT2D eigenvalue weighted by molar-refractivity contribution is 7.10. The van der Waals surface area contributed by atoms with Gasteiger partial charge in [-0.2, -0.15) is 0 Å². The van der Waals surface area contributed by atoms with Crippen molar-refractivity contribution in [2.75, 3.05) is 6.54 Å². The normalized spacial score (nSPS) is 18.7. The monoisotopic (exact) mass is 327 g/mol. The van der Waals surface area contributed by atoms with Crippen LogP contribution in [0.3, 0.4) is 0 Å². The Kier molecular flexibility index (Phi) is 3.67. The summed E-state index contributed by atoms with van der Waals surface area (Å²) in [5.74, 6) is 0.107. The number of fused-ring (bicyclic) bond motifs is 1. The molecule has 1 N–H and O–H groups in total. The third-order valence-corrected chi connectivity index (χ3v) is 5.40. The average molecular weight is 327 g/mol. The molecule has 1 fully saturated rings. The zero-order valence-electron chi connectivity index (χ0n) is 12.6. The van der Waals surface area contributed by atoms with Gasteiger partial charge in [-0.25, -0.2) is 4.79 Å². The number of nitrogens with zero attached hydrogens (tertiary/aromatic N) is 1. The standard InChI is InChI=1S/C18H17NO3S/c20-13-5-6-14-12(9-18(21)22-16(14)10-13)11-19-7-1-3-15(19)17-4-2-8-23-17/h2,4-6,8-10,15,20H,1,3,7,11H2/t15-/m1/s1. The molecule has 1 aromatic carbocycles. The lowest BCUT2D eigenvalue weighted by Crippen LogP contribution is -2.23. The van der Waals surface area contributed by atoms with Crippen LogP contribution in [-0.2, 0) is 6.54 Å². The second-order valence-corrected chi connectivity index (χ2v) is 6.89. The van der Waals surface area contributed by atoms with E-state index in [-0.39, 0.29) is 11.4 Å². The van der Waals surface area contributed by atoms with Gasteiger partial charge in [-0.1, -0.05) is 6.07 Å². The van der Waals surface area contributed by atoms with Gasteiger partial charge < -0.3 is 9.52 Å². The molecule has 0 saturated carbocycles. The molecule has 1 atom stereocenters. The Balaban J connectivity index is 1.71. The number of phenolic OH excluding ortho intramolecular Hbond substituents is 1. The summed E-state index contributed by atoms with van der Waals surface area (Å²) in [7, 11) is 0. The van der Waals surface area contributed by atoms with Crippen LogP contribution in [0.5, 0.6) is 5.75 Å². The van der Waals surface area contributed by atoms with Gasteiger partial charge in [0.1, 0.15) is 11.3 Å². The van der Waals surface area contributed by atoms with Crippen molar-refractivity contribution < 1.29 is 9.52 Å². The fourth-order valence-electron chi connectivity index (χ4n) is 3.39. The SMILES string of the molecule is O=c1cc(CN2CCC[C@@H]2c2cccs2)c2ccc(O)cc2o1. The summed E-state index contributed by atoms with van der Waals surface area (Å²) < 4.78 is 5.21. The van der Waals surface area contributed by atoms with Gasteiger partial charge in [0.2, 0.25) is 0 Å². The maximum Gasteiger partial charge on any atom is 0.336 e. The minimum atomic E-state index is -0.370. The molecule has 4 rings (SSSR count). The Bertz CT molecular complexity index is 885. The first-order valence-corrected chi connectivity index (χ1v) is 8.62. The number of rotatable bonds is 3. The van der Waals surface area contributed by atoms with Crippen molar-refractivity contribution in [2.24, 2.45) is 0 Å². The number of phenols is 1. The van der Waals surface area contributed by atoms with Crippen molar-refractivity contribution in [1.82, 2.24) is 4.90 Å². The first-order chi connectivity index (χ1) is 11.2. The predicted molar refractivity (Wildman–Crippen MR) is 90.9 cm³/mol. The van der Waals surface area contributed by atoms with E-state index in [9.17, 15) is 9.90 Å². The lowest BCUT2D eigenvalue weighted by Gasteiger charge is -2.24. The highest BCUT2D eigenvalue weighted by Gasteiger charge is 2.27. The zero-order valence-corrected chi connectivity index (χ0v) is 13.4. The first-order valence-electron chi connectivity index (χ1n) is 7.74. The molecule has 4 nitrogen and oxygen atoms in total. The summed E-state index contributed by atoms with van der Waals surface area (Å²) in [6.07, 6.45) is 2.32. The van der Waals surface area contributed by atoms with Gasteiger partial charge in [0.15, 0.2) is 0 Å². The Morgan fingerprint density at radius 2 is 2.22 bits per heavy atom. The zero-order chi connectivity index (χ0) is 15.8. The van der Waals surface area contributed by atoms with E-state index in [2.05, 4.69) is 22.4 Å². The van der Waals surface area contributed by atoms with Gasteiger partial charge in [-0.3, -0.25) is 4.90 Å². The molecule has 0 unspecified atom stereocenters. The number of likely N-dealkylation sites (tertiary alicyclic amines) is 1. The van der Waals surface area contributed by atoms with E-state index >= 15 is 0 Å². The highest BCUT2D eigenvalue weighted by Crippen LogP contribution is 2.36. The van der Waals surface area contributed by atoms with Gasteiger partial charge in [-0.05, 0) is 48.5 Å². The number of benzene rings is 1. The Morgan fingerprint density at radius 1 is 1.30 bits per heavy atom. The molecule has 23 heavy (non-hydrogen) atoms. The summed E-state index contributed by atoms with van der Waals surface area (Å²) >= 11 is 1.79. The smallest absolute Gasteiger partial charge is 0.336 e. The van der Waals surface area contributed by atoms with E-state index in [1.807, 2.05) is 6.07 Å². The predicted octanol–water partition coefficient (Wildman–Crippen LogP) is 3.90. The van der Waals surface area contributed by atoms with Crippen molar-refractivity contribution in [3.63, 3.8) is 0 Å². The molecule has 3 heterocycles. The van der Waals surface area contributed by atoms with Crippen molar-refractivity contribution in [3.05, 3.63) is 62.6 Å². The van der Waals surface area contributed by atoms with E-state index in [1.54, 1.807) is 23.5 Å². The summed E-state index contributed by atoms with van der Waals surface area (Å²) in [5.41, 5.74) is 1.03. The highest BCUT2D eigenvalue weighted by atomic mass is 32.1. The van der Waals surface area contributed by atoms with E-state index in [0.717, 1.165) is 30.5 Å². The molecule has 3 aromatic rings. The average Bonchev–Trinajstić information content (AvgIpc) is 3.17. The lowest BCUT2D eigenvalue weighted by molar-refractivity contribution is 0.252. The molecule has 0 amide bonds. The summed E-state index contributed by atoms with van der Waals surface area (Å²) in [6, 6.07) is 11.2. The number of hydrogen-bond acceptors (Lipinski definition) is 5. The van der Waals surface area contributed by atoms with Crippen LogP contribution in [0.2, 0.25) is 0 Å². The van der Waals surface area contributed by atoms with Crippen molar-refractivity contribution >= 4 is 22.3 Å². The maximum atomic E-state index is 11.8. The van der Waals surface area contributed by atoms with Gasteiger partial charge in [0.05, 0.1) is 0 Å². The fraction of sp³-hybridized carbons (Fsp3) is 0.278. The molecule has 2 aromatic heterocycles. The third kappa shape index (κ3) is 2.78. The van der Waals surface area contributed by atoms with Crippen LogP contribution in [0.1, 0.15) is 29.3 Å². The second-order valence-electron chi connectivity index (χ2n) is 5.92. The fourth-order valence-corrected chi connectivity index (χ4v) is 4.28. The number of thiophene rings is 1. The van der Waals surface area contributed by atoms with Gasteiger partial charge in [-0.15, -0.1) is 11.3 Å². The second kappa shape index (κ2) is 5.83. The minimum absolute atomic E-state index is 0.107. The molecule has 0 radical (unpaired) electrons. The molecule has 5 heteroatoms. The largest absolute Gasteiger partial charge is 0.508 e. The van der Waals surface area contributed by atoms with Crippen molar-refractivity contribution in [2.45, 2.75) is 25.4 Å². The van der Waals surface area contributed by atoms with Crippen LogP contribution >= 0.6 is 11.3 Å². The van der Waals surface area contributed by atoms with E-state index in [1.165, 1.54) is 17.4 Å². The van der Waals surface area contributed by atoms with E-state index < -0.39 is 0 Å². The molecular weight excluding hydrogens is 310 g/mol. The van der Waals surface area contributed by atoms with Gasteiger partial charge in [0.25, 0.3) is 0 Å². The van der Waals surface area contributed by atoms with Gasteiger partial charge >= 0.3 is 5.63 Å². The third-order valence-electron chi connectivity index (χ3n) is 4.42. The number of aromatic hydroxyl groups is 1. The topological polar surface area (TPSA) is 53.7 Å². The maximum absolute atomic E-state index is 11.8. The molecular formula is C18H17NO3S. The van der Waals surface area contributed by atoms with Crippen LogP contribution in [-0.4, -0.2) is 16.6 Å². The molecule has 118 valence electrons. The molecule has 0 aliphatic carbocycles. The molecule has 0 spiro atoms. The van der Waals surface area contributed by atoms with Crippen LogP contribution in [0.15, 0.2) is 51.0 Å². The van der Waals surface area contributed by atoms with Crippen LogP contribution in [0.25, 0.3) is 11.0 Å². The summed E-state index contributed by atoms with van der Waals surface area (Å²) in [4.78, 5) is 15.6. The Morgan fingerprint density at radius 3 is 3.04 bits per heavy atom. The van der Waals surface area contributed by atoms with E-state index in [0.29, 0.717) is 11.6 Å².